The van der Waals surface area contributed by atoms with Crippen molar-refractivity contribution in [2.45, 2.75) is 19.3 Å². The number of amides is 1. The van der Waals surface area contributed by atoms with E-state index in [4.69, 9.17) is 0 Å². The smallest absolute Gasteiger partial charge is 0.227 e. The molecule has 1 aliphatic rings. The molecular weight excluding hydrogens is 224 g/mol. The van der Waals surface area contributed by atoms with E-state index in [9.17, 15) is 4.79 Å². The van der Waals surface area contributed by atoms with Crippen LogP contribution in [0, 0.1) is 5.92 Å². The van der Waals surface area contributed by atoms with Crippen LogP contribution in [0.3, 0.4) is 0 Å². The summed E-state index contributed by atoms with van der Waals surface area (Å²) in [5, 5.41) is 2.97. The zero-order valence-electron chi connectivity index (χ0n) is 10.2. The van der Waals surface area contributed by atoms with Gasteiger partial charge in [0.15, 0.2) is 0 Å². The highest BCUT2D eigenvalue weighted by atomic mass is 16.1. The minimum atomic E-state index is 0.162. The maximum absolute atomic E-state index is 11.8. The average Bonchev–Trinajstić information content (AvgIpc) is 2.81. The molecule has 0 bridgehead atoms. The topological polar surface area (TPSA) is 34.0 Å². The highest BCUT2D eigenvalue weighted by molar-refractivity contribution is 5.93. The van der Waals surface area contributed by atoms with Gasteiger partial charge >= 0.3 is 0 Å². The van der Waals surface area contributed by atoms with Crippen LogP contribution in [0.15, 0.2) is 48.8 Å². The molecule has 1 fully saturated rings. The maximum atomic E-state index is 11.8. The van der Waals surface area contributed by atoms with Gasteiger partial charge in [-0.1, -0.05) is 6.42 Å². The SMILES string of the molecule is O=C(Nc1ccc(-n2cccc2)cc1)C1CCC1. The Balaban J connectivity index is 1.69. The molecular formula is C15H16N2O. The molecule has 1 heterocycles. The van der Waals surface area contributed by atoms with Crippen LogP contribution >= 0.6 is 0 Å². The standard InChI is InChI=1S/C15H16N2O/c18-15(12-4-3-5-12)16-13-6-8-14(9-7-13)17-10-1-2-11-17/h1-2,6-12H,3-5H2,(H,16,18). The highest BCUT2D eigenvalue weighted by Crippen LogP contribution is 2.27. The second kappa shape index (κ2) is 4.69. The van der Waals surface area contributed by atoms with Crippen molar-refractivity contribution in [2.24, 2.45) is 5.92 Å². The van der Waals surface area contributed by atoms with E-state index in [0.29, 0.717) is 0 Å². The first-order chi connectivity index (χ1) is 8.83. The number of nitrogens with one attached hydrogen (secondary N) is 1. The van der Waals surface area contributed by atoms with Crippen LogP contribution in [0.1, 0.15) is 19.3 Å². The monoisotopic (exact) mass is 240 g/mol. The molecule has 0 aliphatic heterocycles. The zero-order valence-corrected chi connectivity index (χ0v) is 10.2. The van der Waals surface area contributed by atoms with Gasteiger partial charge in [-0.3, -0.25) is 4.79 Å². The number of benzene rings is 1. The Kier molecular flexibility index (Phi) is 2.89. The summed E-state index contributed by atoms with van der Waals surface area (Å²) in [6.45, 7) is 0. The van der Waals surface area contributed by atoms with Gasteiger partial charge in [-0.15, -0.1) is 0 Å². The third-order valence-corrected chi connectivity index (χ3v) is 3.51. The van der Waals surface area contributed by atoms with Gasteiger partial charge in [0.25, 0.3) is 0 Å². The van der Waals surface area contributed by atoms with Crippen molar-refractivity contribution in [3.8, 4) is 5.69 Å². The van der Waals surface area contributed by atoms with Gasteiger partial charge < -0.3 is 9.88 Å². The molecule has 1 aromatic carbocycles. The number of hydrogen-bond donors (Lipinski definition) is 1. The zero-order chi connectivity index (χ0) is 12.4. The molecule has 1 aliphatic carbocycles. The van der Waals surface area contributed by atoms with E-state index in [0.717, 1.165) is 24.2 Å². The van der Waals surface area contributed by atoms with E-state index >= 15 is 0 Å². The van der Waals surface area contributed by atoms with Crippen LogP contribution in [-0.4, -0.2) is 10.5 Å². The minimum Gasteiger partial charge on any atom is -0.326 e. The summed E-state index contributed by atoms with van der Waals surface area (Å²) in [5.41, 5.74) is 1.98. The van der Waals surface area contributed by atoms with Crippen LogP contribution in [0.4, 0.5) is 5.69 Å². The molecule has 3 heteroatoms. The van der Waals surface area contributed by atoms with Crippen molar-refractivity contribution in [3.63, 3.8) is 0 Å². The average molecular weight is 240 g/mol. The number of aromatic nitrogens is 1. The summed E-state index contributed by atoms with van der Waals surface area (Å²) in [4.78, 5) is 11.8. The third-order valence-electron chi connectivity index (χ3n) is 3.51. The molecule has 2 aromatic rings. The van der Waals surface area contributed by atoms with Gasteiger partial charge in [-0.2, -0.15) is 0 Å². The lowest BCUT2D eigenvalue weighted by molar-refractivity contribution is -0.122. The summed E-state index contributed by atoms with van der Waals surface area (Å²) < 4.78 is 2.04. The van der Waals surface area contributed by atoms with Crippen LogP contribution in [-0.2, 0) is 4.79 Å². The molecule has 0 unspecified atom stereocenters. The van der Waals surface area contributed by atoms with E-state index in [2.05, 4.69) is 5.32 Å². The van der Waals surface area contributed by atoms with Crippen LogP contribution in [0.5, 0.6) is 0 Å². The van der Waals surface area contributed by atoms with Crippen LogP contribution < -0.4 is 5.32 Å². The number of carbonyl (C=O) groups excluding carboxylic acids is 1. The lowest BCUT2D eigenvalue weighted by Gasteiger charge is -2.24. The lowest BCUT2D eigenvalue weighted by Crippen LogP contribution is -2.27. The van der Waals surface area contributed by atoms with Crippen molar-refractivity contribution in [2.75, 3.05) is 5.32 Å². The van der Waals surface area contributed by atoms with E-state index in [-0.39, 0.29) is 11.8 Å². The Morgan fingerprint density at radius 3 is 2.33 bits per heavy atom. The van der Waals surface area contributed by atoms with Crippen molar-refractivity contribution in [3.05, 3.63) is 48.8 Å². The van der Waals surface area contributed by atoms with Crippen LogP contribution in [0.2, 0.25) is 0 Å². The molecule has 0 radical (unpaired) electrons. The Bertz CT molecular complexity index is 524. The first kappa shape index (κ1) is 11.1. The molecule has 1 N–H and O–H groups in total. The van der Waals surface area contributed by atoms with Crippen molar-refractivity contribution in [1.29, 1.82) is 0 Å². The molecule has 18 heavy (non-hydrogen) atoms. The Morgan fingerprint density at radius 1 is 1.11 bits per heavy atom. The van der Waals surface area contributed by atoms with Crippen molar-refractivity contribution in [1.82, 2.24) is 4.57 Å². The van der Waals surface area contributed by atoms with Crippen molar-refractivity contribution < 1.29 is 4.79 Å². The third kappa shape index (κ3) is 2.16. The molecule has 1 amide bonds. The molecule has 0 saturated heterocycles. The summed E-state index contributed by atoms with van der Waals surface area (Å²) in [7, 11) is 0. The molecule has 0 atom stereocenters. The van der Waals surface area contributed by atoms with Gasteiger partial charge in [-0.05, 0) is 49.2 Å². The van der Waals surface area contributed by atoms with Gasteiger partial charge in [0.1, 0.15) is 0 Å². The largest absolute Gasteiger partial charge is 0.326 e. The minimum absolute atomic E-state index is 0.162. The second-order valence-corrected chi connectivity index (χ2v) is 4.75. The highest BCUT2D eigenvalue weighted by Gasteiger charge is 2.24. The summed E-state index contributed by atoms with van der Waals surface area (Å²) >= 11 is 0. The fourth-order valence-corrected chi connectivity index (χ4v) is 2.14. The number of hydrogen-bond acceptors (Lipinski definition) is 1. The van der Waals surface area contributed by atoms with Crippen LogP contribution in [0.25, 0.3) is 5.69 Å². The van der Waals surface area contributed by atoms with Gasteiger partial charge in [-0.25, -0.2) is 0 Å². The molecule has 3 rings (SSSR count). The van der Waals surface area contributed by atoms with E-state index in [1.807, 2.05) is 53.4 Å². The first-order valence-electron chi connectivity index (χ1n) is 6.37. The fraction of sp³-hybridized carbons (Fsp3) is 0.267. The lowest BCUT2D eigenvalue weighted by atomic mass is 9.85. The number of nitrogens with zero attached hydrogens (tertiary/aromatic N) is 1. The van der Waals surface area contributed by atoms with E-state index < -0.39 is 0 Å². The second-order valence-electron chi connectivity index (χ2n) is 4.75. The summed E-state index contributed by atoms with van der Waals surface area (Å²) in [5.74, 6) is 0.393. The Morgan fingerprint density at radius 2 is 1.78 bits per heavy atom. The Labute approximate surface area is 106 Å². The molecule has 1 aromatic heterocycles. The maximum Gasteiger partial charge on any atom is 0.227 e. The van der Waals surface area contributed by atoms with E-state index in [1.54, 1.807) is 0 Å². The molecule has 0 spiro atoms. The Hall–Kier alpha value is -2.03. The summed E-state index contributed by atoms with van der Waals surface area (Å²) in [6, 6.07) is 11.9. The van der Waals surface area contributed by atoms with E-state index in [1.165, 1.54) is 6.42 Å². The fourth-order valence-electron chi connectivity index (χ4n) is 2.14. The van der Waals surface area contributed by atoms with Crippen molar-refractivity contribution >= 4 is 11.6 Å². The normalized spacial score (nSPS) is 15.1. The van der Waals surface area contributed by atoms with Gasteiger partial charge in [0.2, 0.25) is 5.91 Å². The molecule has 1 saturated carbocycles. The van der Waals surface area contributed by atoms with Gasteiger partial charge in [0, 0.05) is 29.7 Å². The number of carbonyl (C=O) groups is 1. The predicted molar refractivity (Wildman–Crippen MR) is 71.7 cm³/mol. The quantitative estimate of drug-likeness (QED) is 0.878. The van der Waals surface area contributed by atoms with Gasteiger partial charge in [0.05, 0.1) is 0 Å². The number of rotatable bonds is 3. The number of anilines is 1. The first-order valence-corrected chi connectivity index (χ1v) is 6.37. The molecule has 92 valence electrons. The predicted octanol–water partition coefficient (Wildman–Crippen LogP) is 3.22. The summed E-state index contributed by atoms with van der Waals surface area (Å²) in [6.07, 6.45) is 7.26. The molecule has 3 nitrogen and oxygen atoms in total.